The Morgan fingerprint density at radius 3 is 2.27 bits per heavy atom. The molecule has 9 rings (SSSR count). The number of amides is 3. The number of para-hydroxylation sites is 3. The van der Waals surface area contributed by atoms with Gasteiger partial charge in [0.2, 0.25) is 5.91 Å². The smallest absolute Gasteiger partial charge is 0.269 e. The molecule has 0 radical (unpaired) electrons. The molecule has 1 N–H and O–H groups in total. The maximum Gasteiger partial charge on any atom is 0.269 e. The van der Waals surface area contributed by atoms with Crippen molar-refractivity contribution in [3.8, 4) is 17.2 Å². The van der Waals surface area contributed by atoms with Gasteiger partial charge in [0.15, 0.2) is 11.4 Å². The Morgan fingerprint density at radius 2 is 1.55 bits per heavy atom. The molecule has 13 nitrogen and oxygen atoms in total. The molecule has 3 aliphatic rings. The summed E-state index contributed by atoms with van der Waals surface area (Å²) in [6, 6.07) is 43.6. The van der Waals surface area contributed by atoms with Crippen molar-refractivity contribution in [3.63, 3.8) is 0 Å². The number of nitro groups is 1. The average molecular weight is 903 g/mol. The Bertz CT molecular complexity index is 2840. The summed E-state index contributed by atoms with van der Waals surface area (Å²) in [5.74, 6) is 0.142. The van der Waals surface area contributed by atoms with Gasteiger partial charge in [0.05, 0.1) is 62.7 Å². The number of aliphatic hydroxyl groups excluding tert-OH is 1. The van der Waals surface area contributed by atoms with Crippen LogP contribution in [0.5, 0.6) is 17.2 Å². The lowest BCUT2D eigenvalue weighted by atomic mass is 9.82. The lowest BCUT2D eigenvalue weighted by Crippen LogP contribution is -2.52. The summed E-state index contributed by atoms with van der Waals surface area (Å²) in [6.07, 6.45) is -0.875. The first-order valence-corrected chi connectivity index (χ1v) is 25.1. The van der Waals surface area contributed by atoms with Gasteiger partial charge in [0, 0.05) is 42.4 Å². The summed E-state index contributed by atoms with van der Waals surface area (Å²) in [4.78, 5) is 61.4. The van der Waals surface area contributed by atoms with Gasteiger partial charge < -0.3 is 29.1 Å². The minimum absolute atomic E-state index is 0.0427. The van der Waals surface area contributed by atoms with Gasteiger partial charge in [0.25, 0.3) is 17.5 Å². The van der Waals surface area contributed by atoms with E-state index in [4.69, 9.17) is 14.2 Å². The maximum atomic E-state index is 15.7. The summed E-state index contributed by atoms with van der Waals surface area (Å²) in [6.45, 7) is 6.54. The van der Waals surface area contributed by atoms with Crippen LogP contribution in [-0.4, -0.2) is 67.1 Å². The van der Waals surface area contributed by atoms with Gasteiger partial charge in [-0.25, -0.2) is 0 Å². The largest absolute Gasteiger partial charge is 0.497 e. The van der Waals surface area contributed by atoms with Gasteiger partial charge in [-0.05, 0) is 71.3 Å². The van der Waals surface area contributed by atoms with Crippen LogP contribution in [0.2, 0.25) is 18.6 Å². The van der Waals surface area contributed by atoms with Crippen molar-refractivity contribution >= 4 is 53.7 Å². The fourth-order valence-electron chi connectivity index (χ4n) is 10.3. The lowest BCUT2D eigenvalue weighted by molar-refractivity contribution is -0.385. The van der Waals surface area contributed by atoms with Crippen LogP contribution in [0.4, 0.5) is 22.7 Å². The van der Waals surface area contributed by atoms with Crippen molar-refractivity contribution in [2.75, 3.05) is 30.1 Å². The minimum atomic E-state index is -2.72. The van der Waals surface area contributed by atoms with E-state index >= 15 is 4.79 Å². The number of fused-ring (bicyclic) bond motifs is 4. The molecule has 4 atom stereocenters. The van der Waals surface area contributed by atoms with E-state index < -0.39 is 36.5 Å². The van der Waals surface area contributed by atoms with Crippen molar-refractivity contribution < 1.29 is 38.6 Å². The van der Waals surface area contributed by atoms with Crippen molar-refractivity contribution in [1.29, 1.82) is 0 Å². The number of non-ortho nitro benzene ring substituents is 1. The summed E-state index contributed by atoms with van der Waals surface area (Å²) in [5, 5.41) is 23.6. The van der Waals surface area contributed by atoms with E-state index in [2.05, 4.69) is 13.1 Å². The molecule has 0 aliphatic carbocycles. The number of rotatable bonds is 13. The number of carbonyl (C=O) groups is 3. The number of nitro benzene ring substituents is 1. The zero-order valence-electron chi connectivity index (χ0n) is 37.1. The van der Waals surface area contributed by atoms with Gasteiger partial charge in [-0.3, -0.25) is 29.4 Å². The quantitative estimate of drug-likeness (QED) is 0.0681. The van der Waals surface area contributed by atoms with E-state index in [1.807, 2.05) is 116 Å². The van der Waals surface area contributed by atoms with Crippen molar-refractivity contribution in [1.82, 2.24) is 4.90 Å². The second-order valence-electron chi connectivity index (χ2n) is 17.6. The van der Waals surface area contributed by atoms with Crippen LogP contribution >= 0.6 is 0 Å². The molecule has 14 heteroatoms. The number of benzene rings is 6. The van der Waals surface area contributed by atoms with Crippen LogP contribution < -0.4 is 24.5 Å². The van der Waals surface area contributed by atoms with Crippen molar-refractivity contribution in [2.45, 2.75) is 56.8 Å². The summed E-state index contributed by atoms with van der Waals surface area (Å²) in [7, 11) is -1.12. The summed E-state index contributed by atoms with van der Waals surface area (Å²) < 4.78 is 19.0. The molecular formula is C52H50N4O9Si. The monoisotopic (exact) mass is 902 g/mol. The predicted molar refractivity (Wildman–Crippen MR) is 253 cm³/mol. The fourth-order valence-corrected chi connectivity index (χ4v) is 14.3. The molecule has 3 amide bonds. The normalized spacial score (nSPS) is 19.7. The van der Waals surface area contributed by atoms with Gasteiger partial charge in [-0.15, -0.1) is 0 Å². The third-order valence-corrected chi connectivity index (χ3v) is 17.9. The molecule has 0 unspecified atom stereocenters. The zero-order valence-corrected chi connectivity index (χ0v) is 38.1. The number of anilines is 3. The SMILES string of the molecule is COc1ccc([Si](C)(C)[C@@H]2[C@@H](CC(=O)N(CCO)Cc3ccccc3)O[C@]3(C(=O)N(Cc4cccc(N5C(=O)c6ccccc6Oc6ccccc65)c4)c4ccc([N+](=O)[O-])cc43)[C@H]2C)cc1. The third kappa shape index (κ3) is 7.70. The Kier molecular flexibility index (Phi) is 11.8. The molecule has 0 saturated carbocycles. The van der Waals surface area contributed by atoms with Gasteiger partial charge in [-0.1, -0.05) is 104 Å². The van der Waals surface area contributed by atoms with Crippen molar-refractivity contribution in [2.24, 2.45) is 5.92 Å². The standard InChI is InChI=1S/C52H50N4O9Si/c1-34-49(66(3,4)40-24-22-39(63-2)23-25-40)47(31-48(58)53(27-28-57)32-35-13-6-5-7-14-35)65-52(34)42-30-38(56(61)62)21-26-43(42)54(51(52)60)33-36-15-12-16-37(29-36)55-44-18-9-11-20-46(44)64-45-19-10-8-17-41(45)50(55)59/h5-26,29-30,34,47,49,57H,27-28,31-33H2,1-4H3/t34-,47+,49-,52+/m0/s1. The number of methoxy groups -OCH3 is 1. The zero-order chi connectivity index (χ0) is 46.3. The van der Waals surface area contributed by atoms with E-state index in [1.54, 1.807) is 46.1 Å². The maximum absolute atomic E-state index is 15.7. The number of hydrogen-bond donors (Lipinski definition) is 1. The highest BCUT2D eigenvalue weighted by atomic mass is 28.3. The first-order valence-electron chi connectivity index (χ1n) is 22.0. The Morgan fingerprint density at radius 1 is 0.848 bits per heavy atom. The molecule has 1 saturated heterocycles. The van der Waals surface area contributed by atoms with Crippen LogP contribution in [0.1, 0.15) is 40.4 Å². The number of nitrogens with zero attached hydrogens (tertiary/aromatic N) is 4. The molecule has 0 aromatic heterocycles. The predicted octanol–water partition coefficient (Wildman–Crippen LogP) is 8.86. The van der Waals surface area contributed by atoms with E-state index in [0.717, 1.165) is 10.8 Å². The van der Waals surface area contributed by atoms with E-state index in [0.29, 0.717) is 51.0 Å². The third-order valence-electron chi connectivity index (χ3n) is 13.5. The molecular weight excluding hydrogens is 853 g/mol. The first-order chi connectivity index (χ1) is 31.8. The Hall–Kier alpha value is -7.13. The highest BCUT2D eigenvalue weighted by Crippen LogP contribution is 2.60. The highest BCUT2D eigenvalue weighted by Gasteiger charge is 2.67. The topological polar surface area (TPSA) is 152 Å². The molecule has 336 valence electrons. The molecule has 1 fully saturated rings. The molecule has 0 bridgehead atoms. The molecule has 6 aromatic carbocycles. The van der Waals surface area contributed by atoms with E-state index in [1.165, 1.54) is 12.1 Å². The number of hydrogen-bond acceptors (Lipinski definition) is 9. The molecule has 3 aliphatic heterocycles. The lowest BCUT2D eigenvalue weighted by Gasteiger charge is -2.37. The molecule has 1 spiro atoms. The molecule has 66 heavy (non-hydrogen) atoms. The highest BCUT2D eigenvalue weighted by molar-refractivity contribution is 6.91. The van der Waals surface area contributed by atoms with Crippen LogP contribution in [-0.2, 0) is 33.0 Å². The second-order valence-corrected chi connectivity index (χ2v) is 22.3. The van der Waals surface area contributed by atoms with Crippen LogP contribution in [0.25, 0.3) is 0 Å². The van der Waals surface area contributed by atoms with Crippen LogP contribution in [0.15, 0.2) is 146 Å². The Labute approximate surface area is 383 Å². The molecule has 3 heterocycles. The average Bonchev–Trinajstić information content (AvgIpc) is 3.69. The summed E-state index contributed by atoms with van der Waals surface area (Å²) >= 11 is 0. The van der Waals surface area contributed by atoms with E-state index in [-0.39, 0.29) is 55.7 Å². The molecule has 6 aromatic rings. The first kappa shape index (κ1) is 44.1. The second kappa shape index (κ2) is 17.7. The number of aliphatic hydroxyl groups is 1. The summed E-state index contributed by atoms with van der Waals surface area (Å²) in [5.41, 5.74) is 1.67. The van der Waals surface area contributed by atoms with Gasteiger partial charge in [-0.2, -0.15) is 0 Å². The van der Waals surface area contributed by atoms with Crippen LogP contribution in [0.3, 0.4) is 0 Å². The van der Waals surface area contributed by atoms with Gasteiger partial charge in [0.1, 0.15) is 11.5 Å². The number of carbonyl (C=O) groups excluding carboxylic acids is 3. The Balaban J connectivity index is 1.12. The van der Waals surface area contributed by atoms with Crippen LogP contribution in [0, 0.1) is 16.0 Å². The minimum Gasteiger partial charge on any atom is -0.497 e. The number of ether oxygens (including phenoxy) is 3. The van der Waals surface area contributed by atoms with Crippen molar-refractivity contribution in [3.05, 3.63) is 178 Å². The van der Waals surface area contributed by atoms with Gasteiger partial charge >= 0.3 is 0 Å². The fraction of sp³-hybridized carbons (Fsp3) is 0.250. The van der Waals surface area contributed by atoms with E-state index in [9.17, 15) is 24.8 Å².